The number of ketones is 1. The van der Waals surface area contributed by atoms with Gasteiger partial charge in [-0.3, -0.25) is 25.2 Å². The lowest BCUT2D eigenvalue weighted by molar-refractivity contribution is -0.117. The summed E-state index contributed by atoms with van der Waals surface area (Å²) in [6, 6.07) is 16.4. The number of aryl methyl sites for hydroxylation is 1. The van der Waals surface area contributed by atoms with Crippen LogP contribution in [0.1, 0.15) is 25.7 Å². The van der Waals surface area contributed by atoms with Crippen molar-refractivity contribution in [2.45, 2.75) is 6.92 Å². The number of benzene rings is 2. The van der Waals surface area contributed by atoms with Crippen molar-refractivity contribution in [1.82, 2.24) is 15.8 Å². The summed E-state index contributed by atoms with van der Waals surface area (Å²) in [6.07, 6.45) is 0. The summed E-state index contributed by atoms with van der Waals surface area (Å²) in [5, 5.41) is 0.642. The average Bonchev–Trinajstić information content (AvgIpc) is 3.36. The number of Topliss-reactive ketones (excluding diaryl/α,β-unsaturated/α-hetero) is 1. The van der Waals surface area contributed by atoms with Crippen LogP contribution in [-0.4, -0.2) is 22.6 Å². The Balaban J connectivity index is 1.43. The molecular weight excluding hydrogens is 405 g/mol. The SMILES string of the molecule is Cc1[nH]c2ccccc2c1C(=O)C(=O)NNC(=O)c1ccc(-c2ccc(F)cc2)s1. The normalized spacial score (nSPS) is 10.7. The van der Waals surface area contributed by atoms with Gasteiger partial charge in [-0.2, -0.15) is 0 Å². The van der Waals surface area contributed by atoms with Gasteiger partial charge in [0.15, 0.2) is 0 Å². The monoisotopic (exact) mass is 421 g/mol. The van der Waals surface area contributed by atoms with Crippen LogP contribution in [0.2, 0.25) is 0 Å². The summed E-state index contributed by atoms with van der Waals surface area (Å²) in [5.74, 6) is -2.58. The van der Waals surface area contributed by atoms with Gasteiger partial charge in [0.25, 0.3) is 11.7 Å². The number of hydrogen-bond donors (Lipinski definition) is 3. The van der Waals surface area contributed by atoms with Crippen molar-refractivity contribution < 1.29 is 18.8 Å². The van der Waals surface area contributed by atoms with E-state index in [9.17, 15) is 18.8 Å². The van der Waals surface area contributed by atoms with Crippen LogP contribution in [0.4, 0.5) is 4.39 Å². The van der Waals surface area contributed by atoms with Crippen LogP contribution in [0.3, 0.4) is 0 Å². The second-order valence-electron chi connectivity index (χ2n) is 6.58. The zero-order valence-corrected chi connectivity index (χ0v) is 16.6. The van der Waals surface area contributed by atoms with Gasteiger partial charge in [0.1, 0.15) is 5.82 Å². The van der Waals surface area contributed by atoms with E-state index in [0.29, 0.717) is 16.0 Å². The molecule has 3 N–H and O–H groups in total. The summed E-state index contributed by atoms with van der Waals surface area (Å²) in [6.45, 7) is 1.71. The highest BCUT2D eigenvalue weighted by atomic mass is 32.1. The maximum atomic E-state index is 13.1. The molecule has 2 aromatic heterocycles. The Morgan fingerprint density at radius 3 is 2.43 bits per heavy atom. The number of thiophene rings is 1. The Kier molecular flexibility index (Phi) is 5.16. The number of halogens is 1. The largest absolute Gasteiger partial charge is 0.358 e. The van der Waals surface area contributed by atoms with Gasteiger partial charge in [-0.15, -0.1) is 11.3 Å². The molecule has 0 aliphatic heterocycles. The molecule has 0 unspecified atom stereocenters. The number of hydrazine groups is 1. The molecule has 0 radical (unpaired) electrons. The van der Waals surface area contributed by atoms with Crippen molar-refractivity contribution in [3.63, 3.8) is 0 Å². The zero-order valence-electron chi connectivity index (χ0n) is 15.8. The fourth-order valence-electron chi connectivity index (χ4n) is 3.14. The van der Waals surface area contributed by atoms with E-state index in [1.54, 1.807) is 43.3 Å². The molecule has 0 saturated heterocycles. The average molecular weight is 421 g/mol. The molecule has 8 heteroatoms. The van der Waals surface area contributed by atoms with Crippen LogP contribution in [0, 0.1) is 12.7 Å². The Morgan fingerprint density at radius 2 is 1.67 bits per heavy atom. The minimum Gasteiger partial charge on any atom is -0.358 e. The summed E-state index contributed by atoms with van der Waals surface area (Å²) in [5.41, 5.74) is 6.81. The molecule has 4 aromatic rings. The molecule has 150 valence electrons. The van der Waals surface area contributed by atoms with Crippen molar-refractivity contribution >= 4 is 39.8 Å². The van der Waals surface area contributed by atoms with Gasteiger partial charge in [0, 0.05) is 21.5 Å². The second-order valence-corrected chi connectivity index (χ2v) is 7.66. The van der Waals surface area contributed by atoms with Crippen LogP contribution in [0.25, 0.3) is 21.3 Å². The first-order chi connectivity index (χ1) is 14.4. The van der Waals surface area contributed by atoms with Crippen molar-refractivity contribution in [3.8, 4) is 10.4 Å². The van der Waals surface area contributed by atoms with E-state index in [-0.39, 0.29) is 11.4 Å². The smallest absolute Gasteiger partial charge is 0.310 e. The number of aromatic nitrogens is 1. The zero-order chi connectivity index (χ0) is 21.3. The minimum atomic E-state index is -0.938. The minimum absolute atomic E-state index is 0.270. The molecule has 2 amide bonds. The first kappa shape index (κ1) is 19.5. The fourth-order valence-corrected chi connectivity index (χ4v) is 4.05. The van der Waals surface area contributed by atoms with Gasteiger partial charge in [-0.25, -0.2) is 4.39 Å². The molecule has 0 spiro atoms. The Labute approximate surface area is 174 Å². The summed E-state index contributed by atoms with van der Waals surface area (Å²) < 4.78 is 13.1. The van der Waals surface area contributed by atoms with Crippen LogP contribution >= 0.6 is 11.3 Å². The molecule has 0 aliphatic rings. The van der Waals surface area contributed by atoms with Gasteiger partial charge < -0.3 is 4.98 Å². The Bertz CT molecular complexity index is 1270. The fraction of sp³-hybridized carbons (Fsp3) is 0.0455. The van der Waals surface area contributed by atoms with Gasteiger partial charge in [0.05, 0.1) is 10.4 Å². The van der Waals surface area contributed by atoms with Crippen molar-refractivity contribution in [3.05, 3.63) is 82.6 Å². The summed E-state index contributed by atoms with van der Waals surface area (Å²) in [4.78, 5) is 41.4. The van der Waals surface area contributed by atoms with Crippen LogP contribution in [0.5, 0.6) is 0 Å². The maximum Gasteiger partial charge on any atom is 0.310 e. The predicted molar refractivity (Wildman–Crippen MR) is 113 cm³/mol. The Morgan fingerprint density at radius 1 is 0.933 bits per heavy atom. The first-order valence-electron chi connectivity index (χ1n) is 9.02. The van der Waals surface area contributed by atoms with Crippen LogP contribution in [-0.2, 0) is 4.79 Å². The molecule has 0 atom stereocenters. The van der Waals surface area contributed by atoms with Crippen molar-refractivity contribution in [2.24, 2.45) is 0 Å². The van der Waals surface area contributed by atoms with E-state index in [2.05, 4.69) is 15.8 Å². The number of aromatic amines is 1. The predicted octanol–water partition coefficient (Wildman–Crippen LogP) is 3.99. The lowest BCUT2D eigenvalue weighted by Gasteiger charge is -2.06. The number of para-hydroxylation sites is 1. The van der Waals surface area contributed by atoms with Crippen LogP contribution < -0.4 is 10.9 Å². The summed E-state index contributed by atoms with van der Waals surface area (Å²) in [7, 11) is 0. The molecule has 0 aliphatic carbocycles. The molecule has 6 nitrogen and oxygen atoms in total. The highest BCUT2D eigenvalue weighted by Gasteiger charge is 2.23. The molecule has 0 fully saturated rings. The third-order valence-electron chi connectivity index (χ3n) is 4.57. The quantitative estimate of drug-likeness (QED) is 0.264. The molecule has 30 heavy (non-hydrogen) atoms. The molecule has 0 bridgehead atoms. The topological polar surface area (TPSA) is 91.1 Å². The number of rotatable bonds is 4. The van der Waals surface area contributed by atoms with Gasteiger partial charge in [-0.1, -0.05) is 30.3 Å². The second kappa shape index (κ2) is 7.92. The molecular formula is C22H16FN3O3S. The summed E-state index contributed by atoms with van der Waals surface area (Å²) >= 11 is 1.19. The number of nitrogens with one attached hydrogen (secondary N) is 3. The number of amides is 2. The van der Waals surface area contributed by atoms with E-state index >= 15 is 0 Å². The third kappa shape index (κ3) is 3.72. The number of carbonyl (C=O) groups excluding carboxylic acids is 3. The molecule has 0 saturated carbocycles. The van der Waals surface area contributed by atoms with E-state index in [1.807, 2.05) is 12.1 Å². The van der Waals surface area contributed by atoms with Crippen molar-refractivity contribution in [1.29, 1.82) is 0 Å². The van der Waals surface area contributed by atoms with Gasteiger partial charge in [-0.05, 0) is 42.8 Å². The number of carbonyl (C=O) groups is 3. The van der Waals surface area contributed by atoms with E-state index in [1.165, 1.54) is 23.5 Å². The maximum absolute atomic E-state index is 13.1. The van der Waals surface area contributed by atoms with E-state index in [4.69, 9.17) is 0 Å². The molecule has 2 heterocycles. The van der Waals surface area contributed by atoms with Crippen LogP contribution in [0.15, 0.2) is 60.7 Å². The lowest BCUT2D eigenvalue weighted by Crippen LogP contribution is -2.44. The number of hydrogen-bond acceptors (Lipinski definition) is 4. The number of H-pyrrole nitrogens is 1. The lowest BCUT2D eigenvalue weighted by atomic mass is 10.1. The molecule has 2 aromatic carbocycles. The standard InChI is InChI=1S/C22H16FN3O3S/c1-12-19(15-4-2-3-5-16(15)24-12)20(27)22(29)26-25-21(28)18-11-10-17(30-18)13-6-8-14(23)9-7-13/h2-11,24H,1H3,(H,25,28)(H,26,29). The Hall–Kier alpha value is -3.78. The van der Waals surface area contributed by atoms with Gasteiger partial charge in [0.2, 0.25) is 0 Å². The molecule has 4 rings (SSSR count). The third-order valence-corrected chi connectivity index (χ3v) is 5.71. The van der Waals surface area contributed by atoms with E-state index < -0.39 is 17.6 Å². The highest BCUT2D eigenvalue weighted by Crippen LogP contribution is 2.28. The number of fused-ring (bicyclic) bond motifs is 1. The van der Waals surface area contributed by atoms with E-state index in [0.717, 1.165) is 16.0 Å². The van der Waals surface area contributed by atoms with Crippen molar-refractivity contribution in [2.75, 3.05) is 0 Å². The van der Waals surface area contributed by atoms with Gasteiger partial charge >= 0.3 is 5.91 Å². The first-order valence-corrected chi connectivity index (χ1v) is 9.84. The highest BCUT2D eigenvalue weighted by molar-refractivity contribution is 7.17.